The van der Waals surface area contributed by atoms with Crippen molar-refractivity contribution in [2.24, 2.45) is 0 Å². The van der Waals surface area contributed by atoms with Gasteiger partial charge in [0.1, 0.15) is 11.5 Å². The summed E-state index contributed by atoms with van der Waals surface area (Å²) in [6.07, 6.45) is 0.701. The molecule has 0 spiro atoms. The quantitative estimate of drug-likeness (QED) is 0.943. The van der Waals surface area contributed by atoms with E-state index < -0.39 is 22.7 Å². The first kappa shape index (κ1) is 16.9. The lowest BCUT2D eigenvalue weighted by Crippen LogP contribution is -2.45. The number of nitrogens with one attached hydrogen (secondary N) is 1. The molecular weight excluding hydrogens is 297 g/mol. The zero-order chi connectivity index (χ0) is 17.2. The first-order valence-electron chi connectivity index (χ1n) is 7.43. The molecule has 0 aliphatic heterocycles. The lowest BCUT2D eigenvalue weighted by Gasteiger charge is -2.24. The Hall–Kier alpha value is -2.50. The molecule has 0 aliphatic rings. The van der Waals surface area contributed by atoms with Crippen LogP contribution in [-0.2, 0) is 0 Å². The summed E-state index contributed by atoms with van der Waals surface area (Å²) in [6.45, 7) is 7.28. The van der Waals surface area contributed by atoms with Crippen LogP contribution in [0.5, 0.6) is 0 Å². The molecule has 2 aromatic rings. The minimum atomic E-state index is -0.563. The van der Waals surface area contributed by atoms with Crippen molar-refractivity contribution in [1.82, 2.24) is 15.1 Å². The predicted molar refractivity (Wildman–Crippen MR) is 86.4 cm³/mol. The van der Waals surface area contributed by atoms with Gasteiger partial charge in [-0.15, -0.1) is 0 Å². The van der Waals surface area contributed by atoms with Crippen LogP contribution in [0.4, 0.5) is 4.39 Å². The summed E-state index contributed by atoms with van der Waals surface area (Å²) in [5.74, 6) is -1.04. The maximum absolute atomic E-state index is 14.0. The summed E-state index contributed by atoms with van der Waals surface area (Å²) in [6, 6.07) is 7.35. The molecule has 122 valence electrons. The van der Waals surface area contributed by atoms with E-state index in [1.807, 2.05) is 20.8 Å². The van der Waals surface area contributed by atoms with Crippen molar-refractivity contribution in [3.8, 4) is 5.69 Å². The molecule has 2 rings (SSSR count). The van der Waals surface area contributed by atoms with Crippen molar-refractivity contribution < 1.29 is 9.18 Å². The van der Waals surface area contributed by atoms with E-state index in [9.17, 15) is 14.0 Å². The zero-order valence-electron chi connectivity index (χ0n) is 13.7. The van der Waals surface area contributed by atoms with E-state index in [1.165, 1.54) is 22.9 Å². The normalized spacial score (nSPS) is 11.3. The maximum Gasteiger partial charge on any atom is 0.276 e. The minimum absolute atomic E-state index is 0.189. The van der Waals surface area contributed by atoms with Crippen LogP contribution in [0, 0.1) is 12.7 Å². The minimum Gasteiger partial charge on any atom is -0.346 e. The second-order valence-corrected chi connectivity index (χ2v) is 6.05. The molecular formula is C17H20FN3O2. The Labute approximate surface area is 134 Å². The Morgan fingerprint density at radius 3 is 2.61 bits per heavy atom. The van der Waals surface area contributed by atoms with Gasteiger partial charge < -0.3 is 5.32 Å². The number of para-hydroxylation sites is 1. The third-order valence-electron chi connectivity index (χ3n) is 3.74. The van der Waals surface area contributed by atoms with Gasteiger partial charge in [0.2, 0.25) is 5.43 Å². The van der Waals surface area contributed by atoms with Gasteiger partial charge in [-0.1, -0.05) is 19.1 Å². The lowest BCUT2D eigenvalue weighted by molar-refractivity contribution is 0.0903. The van der Waals surface area contributed by atoms with Crippen molar-refractivity contribution >= 4 is 5.91 Å². The fourth-order valence-corrected chi connectivity index (χ4v) is 2.03. The first-order chi connectivity index (χ1) is 10.7. The summed E-state index contributed by atoms with van der Waals surface area (Å²) in [5.41, 5.74) is -0.557. The Kier molecular flexibility index (Phi) is 4.63. The Morgan fingerprint density at radius 2 is 2.00 bits per heavy atom. The van der Waals surface area contributed by atoms with E-state index >= 15 is 0 Å². The van der Waals surface area contributed by atoms with Crippen molar-refractivity contribution in [1.29, 1.82) is 0 Å². The monoisotopic (exact) mass is 317 g/mol. The van der Waals surface area contributed by atoms with E-state index in [4.69, 9.17) is 0 Å². The number of hydrogen-bond donors (Lipinski definition) is 1. The van der Waals surface area contributed by atoms with Gasteiger partial charge in [0.05, 0.1) is 0 Å². The molecule has 0 radical (unpaired) electrons. The number of amides is 1. The first-order valence-corrected chi connectivity index (χ1v) is 7.43. The fraction of sp³-hybridized carbons (Fsp3) is 0.353. The third kappa shape index (κ3) is 3.64. The SMILES string of the molecule is CCC(C)(C)NC(=O)c1nn(-c2ccccc2F)c(C)cc1=O. The highest BCUT2D eigenvalue weighted by atomic mass is 19.1. The van der Waals surface area contributed by atoms with E-state index in [0.29, 0.717) is 12.1 Å². The summed E-state index contributed by atoms with van der Waals surface area (Å²) >= 11 is 0. The van der Waals surface area contributed by atoms with Crippen LogP contribution in [0.3, 0.4) is 0 Å². The van der Waals surface area contributed by atoms with Gasteiger partial charge in [0, 0.05) is 17.3 Å². The van der Waals surface area contributed by atoms with E-state index in [0.717, 1.165) is 0 Å². The molecule has 0 aliphatic carbocycles. The molecule has 5 nitrogen and oxygen atoms in total. The third-order valence-corrected chi connectivity index (χ3v) is 3.74. The summed E-state index contributed by atoms with van der Waals surface area (Å²) in [4.78, 5) is 24.4. The molecule has 1 aromatic heterocycles. The number of hydrogen-bond acceptors (Lipinski definition) is 3. The number of carbonyl (C=O) groups is 1. The highest BCUT2D eigenvalue weighted by Gasteiger charge is 2.23. The van der Waals surface area contributed by atoms with Gasteiger partial charge in [0.25, 0.3) is 5.91 Å². The van der Waals surface area contributed by atoms with Gasteiger partial charge >= 0.3 is 0 Å². The molecule has 0 bridgehead atoms. The highest BCUT2D eigenvalue weighted by molar-refractivity contribution is 5.92. The van der Waals surface area contributed by atoms with Gasteiger partial charge in [0.15, 0.2) is 5.69 Å². The van der Waals surface area contributed by atoms with Crippen LogP contribution in [0.2, 0.25) is 0 Å². The summed E-state index contributed by atoms with van der Waals surface area (Å²) in [5, 5.41) is 6.84. The summed E-state index contributed by atoms with van der Waals surface area (Å²) < 4.78 is 15.2. The second kappa shape index (κ2) is 6.32. The number of aryl methyl sites for hydroxylation is 1. The van der Waals surface area contributed by atoms with Crippen molar-refractivity contribution in [3.63, 3.8) is 0 Å². The van der Waals surface area contributed by atoms with Gasteiger partial charge in [-0.3, -0.25) is 9.59 Å². The van der Waals surface area contributed by atoms with Gasteiger partial charge in [-0.05, 0) is 39.3 Å². The Morgan fingerprint density at radius 1 is 1.35 bits per heavy atom. The molecule has 1 aromatic carbocycles. The Bertz CT molecular complexity index is 797. The molecule has 1 N–H and O–H groups in total. The van der Waals surface area contributed by atoms with Crippen molar-refractivity contribution in [3.05, 3.63) is 57.8 Å². The standard InChI is InChI=1S/C17H20FN3O2/c1-5-17(3,4)19-16(23)15-14(22)10-11(2)21(20-15)13-9-7-6-8-12(13)18/h6-10H,5H2,1-4H3,(H,19,23). The summed E-state index contributed by atoms with van der Waals surface area (Å²) in [7, 11) is 0. The van der Waals surface area contributed by atoms with E-state index in [2.05, 4.69) is 10.4 Å². The highest BCUT2D eigenvalue weighted by Crippen LogP contribution is 2.13. The predicted octanol–water partition coefficient (Wildman–Crippen LogP) is 2.60. The molecule has 23 heavy (non-hydrogen) atoms. The van der Waals surface area contributed by atoms with Crippen molar-refractivity contribution in [2.75, 3.05) is 0 Å². The molecule has 0 atom stereocenters. The van der Waals surface area contributed by atoms with Crippen LogP contribution in [0.15, 0.2) is 35.1 Å². The maximum atomic E-state index is 14.0. The van der Waals surface area contributed by atoms with Crippen molar-refractivity contribution in [2.45, 2.75) is 39.7 Å². The number of nitrogens with zero attached hydrogens (tertiary/aromatic N) is 2. The van der Waals surface area contributed by atoms with Gasteiger partial charge in [-0.2, -0.15) is 5.10 Å². The average molecular weight is 317 g/mol. The van der Waals surface area contributed by atoms with Crippen LogP contribution in [-0.4, -0.2) is 21.2 Å². The smallest absolute Gasteiger partial charge is 0.276 e. The number of benzene rings is 1. The number of aromatic nitrogens is 2. The number of carbonyl (C=O) groups excluding carboxylic acids is 1. The Balaban J connectivity index is 2.51. The molecule has 0 fully saturated rings. The lowest BCUT2D eigenvalue weighted by atomic mass is 10.0. The average Bonchev–Trinajstić information content (AvgIpc) is 2.48. The van der Waals surface area contributed by atoms with Crippen LogP contribution >= 0.6 is 0 Å². The molecule has 1 heterocycles. The number of halogens is 1. The molecule has 1 amide bonds. The molecule has 6 heteroatoms. The van der Waals surface area contributed by atoms with Crippen LogP contribution < -0.4 is 10.7 Å². The second-order valence-electron chi connectivity index (χ2n) is 6.05. The van der Waals surface area contributed by atoms with Gasteiger partial charge in [-0.25, -0.2) is 9.07 Å². The molecule has 0 saturated carbocycles. The largest absolute Gasteiger partial charge is 0.346 e. The molecule has 0 unspecified atom stereocenters. The number of rotatable bonds is 4. The fourth-order valence-electron chi connectivity index (χ4n) is 2.03. The van der Waals surface area contributed by atoms with E-state index in [1.54, 1.807) is 19.1 Å². The van der Waals surface area contributed by atoms with E-state index in [-0.39, 0.29) is 11.4 Å². The topological polar surface area (TPSA) is 64.0 Å². The molecule has 0 saturated heterocycles. The zero-order valence-corrected chi connectivity index (χ0v) is 13.7. The van der Waals surface area contributed by atoms with Crippen LogP contribution in [0.1, 0.15) is 43.4 Å². The van der Waals surface area contributed by atoms with Crippen LogP contribution in [0.25, 0.3) is 5.69 Å².